The van der Waals surface area contributed by atoms with Gasteiger partial charge < -0.3 is 0 Å². The Morgan fingerprint density at radius 3 is 2.48 bits per heavy atom. The van der Waals surface area contributed by atoms with Crippen molar-refractivity contribution in [3.05, 3.63) is 80.2 Å². The zero-order valence-electron chi connectivity index (χ0n) is 13.6. The molecule has 0 spiro atoms. The van der Waals surface area contributed by atoms with Gasteiger partial charge in [-0.3, -0.25) is 25.2 Å². The Balaban J connectivity index is 1.68. The molecule has 136 valence electrons. The normalized spacial score (nSPS) is 10.9. The lowest BCUT2D eigenvalue weighted by Gasteiger charge is -2.06. The SMILES string of the molecule is O=C(/C=C/c1ccc(Cl)c(Cl)c1)NNC(=O)c1n[nH]c(=O)c2ccccc12. The first-order valence-corrected chi connectivity index (χ1v) is 8.42. The highest BCUT2D eigenvalue weighted by Crippen LogP contribution is 2.23. The number of aromatic amines is 1. The number of carbonyl (C=O) groups is 2. The van der Waals surface area contributed by atoms with Gasteiger partial charge in [0, 0.05) is 11.5 Å². The van der Waals surface area contributed by atoms with Crippen LogP contribution < -0.4 is 16.4 Å². The Bertz CT molecular complexity index is 1130. The first-order chi connectivity index (χ1) is 13.0. The van der Waals surface area contributed by atoms with E-state index >= 15 is 0 Å². The number of nitrogens with zero attached hydrogens (tertiary/aromatic N) is 1. The minimum atomic E-state index is -0.668. The van der Waals surface area contributed by atoms with Gasteiger partial charge in [-0.15, -0.1) is 0 Å². The maximum Gasteiger partial charge on any atom is 0.290 e. The van der Waals surface area contributed by atoms with E-state index in [1.54, 1.807) is 42.5 Å². The molecule has 1 aromatic heterocycles. The van der Waals surface area contributed by atoms with Crippen LogP contribution in [-0.4, -0.2) is 22.0 Å². The van der Waals surface area contributed by atoms with E-state index in [1.165, 1.54) is 12.2 Å². The predicted molar refractivity (Wildman–Crippen MR) is 103 cm³/mol. The van der Waals surface area contributed by atoms with E-state index in [0.717, 1.165) is 0 Å². The third kappa shape index (κ3) is 4.33. The molecule has 0 fully saturated rings. The summed E-state index contributed by atoms with van der Waals surface area (Å²) in [6, 6.07) is 11.4. The Labute approximate surface area is 163 Å². The van der Waals surface area contributed by atoms with Gasteiger partial charge in [0.05, 0.1) is 15.4 Å². The molecule has 0 aliphatic heterocycles. The van der Waals surface area contributed by atoms with E-state index in [4.69, 9.17) is 23.2 Å². The maximum absolute atomic E-state index is 12.3. The number of hydrogen-bond acceptors (Lipinski definition) is 4. The smallest absolute Gasteiger partial charge is 0.268 e. The molecule has 0 saturated carbocycles. The number of rotatable bonds is 3. The molecule has 2 amide bonds. The number of nitrogens with one attached hydrogen (secondary N) is 3. The maximum atomic E-state index is 12.3. The lowest BCUT2D eigenvalue weighted by Crippen LogP contribution is -2.41. The summed E-state index contributed by atoms with van der Waals surface area (Å²) in [4.78, 5) is 35.9. The fraction of sp³-hybridized carbons (Fsp3) is 0. The highest BCUT2D eigenvalue weighted by Gasteiger charge is 2.14. The second-order valence-electron chi connectivity index (χ2n) is 5.40. The summed E-state index contributed by atoms with van der Waals surface area (Å²) in [5.74, 6) is -1.23. The molecule has 0 atom stereocenters. The summed E-state index contributed by atoms with van der Waals surface area (Å²) >= 11 is 11.7. The van der Waals surface area contributed by atoms with E-state index in [0.29, 0.717) is 26.4 Å². The summed E-state index contributed by atoms with van der Waals surface area (Å²) < 4.78 is 0. The van der Waals surface area contributed by atoms with E-state index in [2.05, 4.69) is 21.0 Å². The number of halogens is 2. The molecule has 2 aromatic carbocycles. The highest BCUT2D eigenvalue weighted by atomic mass is 35.5. The lowest BCUT2D eigenvalue weighted by atomic mass is 10.1. The molecule has 9 heteroatoms. The van der Waals surface area contributed by atoms with Crippen LogP contribution in [-0.2, 0) is 4.79 Å². The van der Waals surface area contributed by atoms with Crippen LogP contribution in [0.2, 0.25) is 10.0 Å². The molecule has 1 heterocycles. The van der Waals surface area contributed by atoms with E-state index in [1.807, 2.05) is 0 Å². The largest absolute Gasteiger partial charge is 0.290 e. The van der Waals surface area contributed by atoms with Gasteiger partial charge in [0.25, 0.3) is 17.4 Å². The average Bonchev–Trinajstić information content (AvgIpc) is 2.67. The van der Waals surface area contributed by atoms with Crippen LogP contribution in [0.1, 0.15) is 16.1 Å². The molecule has 7 nitrogen and oxygen atoms in total. The zero-order chi connectivity index (χ0) is 19.4. The molecule has 0 aliphatic carbocycles. The van der Waals surface area contributed by atoms with Crippen molar-refractivity contribution in [2.75, 3.05) is 0 Å². The fourth-order valence-electron chi connectivity index (χ4n) is 2.30. The van der Waals surface area contributed by atoms with Crippen LogP contribution in [0, 0.1) is 0 Å². The van der Waals surface area contributed by atoms with E-state index < -0.39 is 17.4 Å². The highest BCUT2D eigenvalue weighted by molar-refractivity contribution is 6.42. The quantitative estimate of drug-likeness (QED) is 0.462. The summed E-state index contributed by atoms with van der Waals surface area (Å²) in [5.41, 5.74) is 4.73. The fourth-order valence-corrected chi connectivity index (χ4v) is 2.60. The third-order valence-corrected chi connectivity index (χ3v) is 4.32. The van der Waals surface area contributed by atoms with Crippen LogP contribution in [0.15, 0.2) is 53.3 Å². The van der Waals surface area contributed by atoms with E-state index in [9.17, 15) is 14.4 Å². The molecule has 0 bridgehead atoms. The van der Waals surface area contributed by atoms with Gasteiger partial charge in [-0.2, -0.15) is 5.10 Å². The summed E-state index contributed by atoms with van der Waals surface area (Å²) in [6.45, 7) is 0. The van der Waals surface area contributed by atoms with Crippen molar-refractivity contribution in [2.45, 2.75) is 0 Å². The Kier molecular flexibility index (Phi) is 5.54. The molecule has 0 unspecified atom stereocenters. The molecule has 3 rings (SSSR count). The average molecular weight is 403 g/mol. The molecule has 3 N–H and O–H groups in total. The van der Waals surface area contributed by atoms with Gasteiger partial charge in [-0.25, -0.2) is 5.10 Å². The second kappa shape index (κ2) is 8.03. The minimum absolute atomic E-state index is 0.0148. The van der Waals surface area contributed by atoms with Gasteiger partial charge >= 0.3 is 0 Å². The molecular formula is C18H12Cl2N4O3. The summed E-state index contributed by atoms with van der Waals surface area (Å²) in [6.07, 6.45) is 2.73. The molecular weight excluding hydrogens is 391 g/mol. The molecule has 27 heavy (non-hydrogen) atoms. The summed E-state index contributed by atoms with van der Waals surface area (Å²) in [5, 5.41) is 7.47. The Morgan fingerprint density at radius 1 is 1.00 bits per heavy atom. The molecule has 0 radical (unpaired) electrons. The van der Waals surface area contributed by atoms with Crippen LogP contribution in [0.25, 0.3) is 16.8 Å². The Morgan fingerprint density at radius 2 is 1.74 bits per heavy atom. The number of hydrogen-bond donors (Lipinski definition) is 3. The second-order valence-corrected chi connectivity index (χ2v) is 6.21. The number of benzene rings is 2. The summed E-state index contributed by atoms with van der Waals surface area (Å²) in [7, 11) is 0. The van der Waals surface area contributed by atoms with Gasteiger partial charge in [0.15, 0.2) is 5.69 Å². The predicted octanol–water partition coefficient (Wildman–Crippen LogP) is 2.70. The number of aromatic nitrogens is 2. The zero-order valence-corrected chi connectivity index (χ0v) is 15.1. The Hall–Kier alpha value is -3.16. The van der Waals surface area contributed by atoms with Gasteiger partial charge in [-0.05, 0) is 29.8 Å². The lowest BCUT2D eigenvalue weighted by molar-refractivity contribution is -0.117. The van der Waals surface area contributed by atoms with Gasteiger partial charge in [0.2, 0.25) is 0 Å². The number of carbonyl (C=O) groups excluding carboxylic acids is 2. The van der Waals surface area contributed by atoms with Gasteiger partial charge in [-0.1, -0.05) is 47.5 Å². The number of amides is 2. The van der Waals surface area contributed by atoms with Crippen molar-refractivity contribution in [2.24, 2.45) is 0 Å². The van der Waals surface area contributed by atoms with Crippen molar-refractivity contribution in [1.29, 1.82) is 0 Å². The number of hydrazine groups is 1. The first kappa shape index (κ1) is 18.6. The number of fused-ring (bicyclic) bond motifs is 1. The van der Waals surface area contributed by atoms with Crippen LogP contribution >= 0.6 is 23.2 Å². The van der Waals surface area contributed by atoms with Crippen molar-refractivity contribution in [3.8, 4) is 0 Å². The molecule has 0 aliphatic rings. The molecule has 0 saturated heterocycles. The minimum Gasteiger partial charge on any atom is -0.268 e. The van der Waals surface area contributed by atoms with Crippen molar-refractivity contribution in [1.82, 2.24) is 21.0 Å². The van der Waals surface area contributed by atoms with Crippen molar-refractivity contribution >= 4 is 51.9 Å². The van der Waals surface area contributed by atoms with Crippen LogP contribution in [0.3, 0.4) is 0 Å². The first-order valence-electron chi connectivity index (χ1n) is 7.66. The molecule has 3 aromatic rings. The van der Waals surface area contributed by atoms with Gasteiger partial charge in [0.1, 0.15) is 0 Å². The third-order valence-electron chi connectivity index (χ3n) is 3.58. The van der Waals surface area contributed by atoms with Crippen molar-refractivity contribution in [3.63, 3.8) is 0 Å². The van der Waals surface area contributed by atoms with Crippen LogP contribution in [0.4, 0.5) is 0 Å². The van der Waals surface area contributed by atoms with Crippen LogP contribution in [0.5, 0.6) is 0 Å². The standard InChI is InChI=1S/C18H12Cl2N4O3/c19-13-7-5-10(9-14(13)20)6-8-15(25)21-24-18(27)16-11-3-1-2-4-12(11)17(26)23-22-16/h1-9H,(H,21,25)(H,23,26)(H,24,27)/b8-6+. The number of H-pyrrole nitrogens is 1. The van der Waals surface area contributed by atoms with Crippen molar-refractivity contribution < 1.29 is 9.59 Å². The monoisotopic (exact) mass is 402 g/mol. The van der Waals surface area contributed by atoms with E-state index in [-0.39, 0.29) is 5.69 Å². The topological polar surface area (TPSA) is 104 Å².